The van der Waals surface area contributed by atoms with Gasteiger partial charge in [-0.25, -0.2) is 0 Å². The number of nitrogens with zero attached hydrogens (tertiary/aromatic N) is 1. The molecule has 0 saturated heterocycles. The van der Waals surface area contributed by atoms with Crippen LogP contribution in [0.1, 0.15) is 22.4 Å². The molecular weight excluding hydrogens is 254 g/mol. The molecule has 2 rings (SSSR count). The second-order valence-corrected chi connectivity index (χ2v) is 4.69. The minimum Gasteiger partial charge on any atom is -0.489 e. The lowest BCUT2D eigenvalue weighted by Crippen LogP contribution is -2.03. The summed E-state index contributed by atoms with van der Waals surface area (Å²) in [6.45, 7) is 4.45. The molecule has 0 radical (unpaired) electrons. The van der Waals surface area contributed by atoms with Crippen LogP contribution in [-0.4, -0.2) is 16.1 Å². The average molecular weight is 271 g/mol. The van der Waals surface area contributed by atoms with Gasteiger partial charge in [0, 0.05) is 17.5 Å². The van der Waals surface area contributed by atoms with Crippen molar-refractivity contribution < 1.29 is 14.6 Å². The van der Waals surface area contributed by atoms with Crippen LogP contribution < -0.4 is 4.74 Å². The van der Waals surface area contributed by atoms with Crippen LogP contribution in [0.2, 0.25) is 0 Å². The predicted octanol–water partition coefficient (Wildman–Crippen LogP) is 2.90. The SMILES string of the molecule is Cc1ccnc(C)c1COc1ccc(CC(=O)O)cc1. The number of aromatic nitrogens is 1. The highest BCUT2D eigenvalue weighted by atomic mass is 16.5. The number of aryl methyl sites for hydroxylation is 2. The van der Waals surface area contributed by atoms with Gasteiger partial charge in [-0.15, -0.1) is 0 Å². The topological polar surface area (TPSA) is 59.4 Å². The Morgan fingerprint density at radius 2 is 1.90 bits per heavy atom. The third kappa shape index (κ3) is 3.57. The number of carbonyl (C=O) groups is 1. The standard InChI is InChI=1S/C16H17NO3/c1-11-7-8-17-12(2)15(11)10-20-14-5-3-13(4-6-14)9-16(18)19/h3-8H,9-10H2,1-2H3,(H,18,19). The Kier molecular flexibility index (Phi) is 4.35. The lowest BCUT2D eigenvalue weighted by atomic mass is 10.1. The number of pyridine rings is 1. The molecule has 4 heteroatoms. The Morgan fingerprint density at radius 3 is 2.50 bits per heavy atom. The highest BCUT2D eigenvalue weighted by Gasteiger charge is 2.05. The zero-order chi connectivity index (χ0) is 14.5. The predicted molar refractivity (Wildman–Crippen MR) is 75.8 cm³/mol. The van der Waals surface area contributed by atoms with E-state index in [4.69, 9.17) is 9.84 Å². The molecule has 104 valence electrons. The summed E-state index contributed by atoms with van der Waals surface area (Å²) in [6, 6.07) is 9.08. The van der Waals surface area contributed by atoms with E-state index in [0.29, 0.717) is 6.61 Å². The van der Waals surface area contributed by atoms with Gasteiger partial charge in [0.1, 0.15) is 12.4 Å². The number of carboxylic acids is 1. The summed E-state index contributed by atoms with van der Waals surface area (Å²) in [6.07, 6.45) is 1.82. The van der Waals surface area contributed by atoms with Crippen LogP contribution in [0.5, 0.6) is 5.75 Å². The van der Waals surface area contributed by atoms with Gasteiger partial charge in [-0.05, 0) is 43.2 Å². The number of hydrogen-bond acceptors (Lipinski definition) is 3. The van der Waals surface area contributed by atoms with Gasteiger partial charge in [0.25, 0.3) is 0 Å². The minimum absolute atomic E-state index is 0.0289. The first-order chi connectivity index (χ1) is 9.56. The molecule has 0 aliphatic carbocycles. The first kappa shape index (κ1) is 14.1. The third-order valence-electron chi connectivity index (χ3n) is 3.17. The average Bonchev–Trinajstić information content (AvgIpc) is 2.39. The Labute approximate surface area is 118 Å². The van der Waals surface area contributed by atoms with Gasteiger partial charge >= 0.3 is 5.97 Å². The third-order valence-corrected chi connectivity index (χ3v) is 3.17. The number of rotatable bonds is 5. The van der Waals surface area contributed by atoms with E-state index in [0.717, 1.165) is 28.1 Å². The summed E-state index contributed by atoms with van der Waals surface area (Å²) in [7, 11) is 0. The second-order valence-electron chi connectivity index (χ2n) is 4.69. The minimum atomic E-state index is -0.833. The second kappa shape index (κ2) is 6.19. The Balaban J connectivity index is 2.02. The van der Waals surface area contributed by atoms with Crippen molar-refractivity contribution in [2.75, 3.05) is 0 Å². The molecule has 1 aromatic carbocycles. The van der Waals surface area contributed by atoms with E-state index in [2.05, 4.69) is 4.98 Å². The fourth-order valence-electron chi connectivity index (χ4n) is 1.98. The van der Waals surface area contributed by atoms with E-state index in [1.54, 1.807) is 30.5 Å². The molecule has 1 aromatic heterocycles. The smallest absolute Gasteiger partial charge is 0.307 e. The number of carboxylic acid groups (broad SMARTS) is 1. The van der Waals surface area contributed by atoms with Crippen molar-refractivity contribution in [3.05, 3.63) is 58.9 Å². The van der Waals surface area contributed by atoms with Crippen molar-refractivity contribution in [1.82, 2.24) is 4.98 Å². The van der Waals surface area contributed by atoms with Crippen molar-refractivity contribution in [3.8, 4) is 5.75 Å². The van der Waals surface area contributed by atoms with Crippen LogP contribution in [0, 0.1) is 13.8 Å². The fraction of sp³-hybridized carbons (Fsp3) is 0.250. The molecule has 4 nitrogen and oxygen atoms in total. The van der Waals surface area contributed by atoms with Crippen LogP contribution in [-0.2, 0) is 17.8 Å². The first-order valence-corrected chi connectivity index (χ1v) is 6.41. The van der Waals surface area contributed by atoms with Crippen LogP contribution in [0.25, 0.3) is 0 Å². The van der Waals surface area contributed by atoms with Crippen LogP contribution in [0.15, 0.2) is 36.5 Å². The maximum Gasteiger partial charge on any atom is 0.307 e. The maximum absolute atomic E-state index is 10.6. The molecule has 0 unspecified atom stereocenters. The lowest BCUT2D eigenvalue weighted by molar-refractivity contribution is -0.136. The van der Waals surface area contributed by atoms with E-state index in [-0.39, 0.29) is 6.42 Å². The Morgan fingerprint density at radius 1 is 1.20 bits per heavy atom. The zero-order valence-electron chi connectivity index (χ0n) is 11.6. The monoisotopic (exact) mass is 271 g/mol. The molecule has 0 spiro atoms. The Bertz CT molecular complexity index is 585. The summed E-state index contributed by atoms with van der Waals surface area (Å²) >= 11 is 0. The summed E-state index contributed by atoms with van der Waals surface area (Å²) in [5.41, 5.74) is 3.97. The van der Waals surface area contributed by atoms with Gasteiger partial charge < -0.3 is 9.84 Å². The number of hydrogen-bond donors (Lipinski definition) is 1. The molecule has 0 aliphatic heterocycles. The molecule has 1 heterocycles. The highest BCUT2D eigenvalue weighted by molar-refractivity contribution is 5.70. The number of ether oxygens (including phenoxy) is 1. The van der Waals surface area contributed by atoms with E-state index >= 15 is 0 Å². The van der Waals surface area contributed by atoms with Crippen molar-refractivity contribution in [2.24, 2.45) is 0 Å². The molecule has 0 fully saturated rings. The van der Waals surface area contributed by atoms with E-state index in [1.165, 1.54) is 0 Å². The van der Waals surface area contributed by atoms with Gasteiger partial charge in [-0.2, -0.15) is 0 Å². The molecule has 0 bridgehead atoms. The van der Waals surface area contributed by atoms with Gasteiger partial charge in [0.05, 0.1) is 6.42 Å². The molecular formula is C16H17NO3. The highest BCUT2D eigenvalue weighted by Crippen LogP contribution is 2.17. The molecule has 0 atom stereocenters. The van der Waals surface area contributed by atoms with Gasteiger partial charge in [0.15, 0.2) is 0 Å². The summed E-state index contributed by atoms with van der Waals surface area (Å²) in [5, 5.41) is 8.71. The van der Waals surface area contributed by atoms with E-state index < -0.39 is 5.97 Å². The van der Waals surface area contributed by atoms with Crippen LogP contribution >= 0.6 is 0 Å². The van der Waals surface area contributed by atoms with Crippen molar-refractivity contribution in [3.63, 3.8) is 0 Å². The van der Waals surface area contributed by atoms with Crippen LogP contribution in [0.3, 0.4) is 0 Å². The van der Waals surface area contributed by atoms with Gasteiger partial charge in [0.2, 0.25) is 0 Å². The zero-order valence-corrected chi connectivity index (χ0v) is 11.6. The Hall–Kier alpha value is -2.36. The first-order valence-electron chi connectivity index (χ1n) is 6.41. The van der Waals surface area contributed by atoms with Crippen molar-refractivity contribution >= 4 is 5.97 Å². The lowest BCUT2D eigenvalue weighted by Gasteiger charge is -2.11. The maximum atomic E-state index is 10.6. The van der Waals surface area contributed by atoms with Gasteiger partial charge in [-0.3, -0.25) is 9.78 Å². The van der Waals surface area contributed by atoms with Crippen molar-refractivity contribution in [2.45, 2.75) is 26.9 Å². The fourth-order valence-corrected chi connectivity index (χ4v) is 1.98. The molecule has 1 N–H and O–H groups in total. The molecule has 0 saturated carbocycles. The summed E-state index contributed by atoms with van der Waals surface area (Å²) in [4.78, 5) is 14.9. The normalized spacial score (nSPS) is 10.3. The van der Waals surface area contributed by atoms with Crippen LogP contribution in [0.4, 0.5) is 0 Å². The molecule has 0 aliphatic rings. The quantitative estimate of drug-likeness (QED) is 0.908. The number of aliphatic carboxylic acids is 1. The summed E-state index contributed by atoms with van der Waals surface area (Å²) < 4.78 is 5.73. The van der Waals surface area contributed by atoms with Crippen molar-refractivity contribution in [1.29, 1.82) is 0 Å². The van der Waals surface area contributed by atoms with Gasteiger partial charge in [-0.1, -0.05) is 12.1 Å². The molecule has 2 aromatic rings. The molecule has 20 heavy (non-hydrogen) atoms. The summed E-state index contributed by atoms with van der Waals surface area (Å²) in [5.74, 6) is -0.109. The van der Waals surface area contributed by atoms with E-state index in [1.807, 2.05) is 19.9 Å². The largest absolute Gasteiger partial charge is 0.489 e. The van der Waals surface area contributed by atoms with E-state index in [9.17, 15) is 4.79 Å². The number of benzene rings is 1. The molecule has 0 amide bonds.